The molecule has 0 saturated carbocycles. The summed E-state index contributed by atoms with van der Waals surface area (Å²) in [6.45, 7) is 0. The van der Waals surface area contributed by atoms with E-state index in [4.69, 9.17) is 0 Å². The first kappa shape index (κ1) is 15.1. The zero-order chi connectivity index (χ0) is 12.2. The van der Waals surface area contributed by atoms with E-state index >= 15 is 0 Å². The van der Waals surface area contributed by atoms with Crippen molar-refractivity contribution >= 4 is 68.0 Å². The van der Waals surface area contributed by atoms with Gasteiger partial charge in [-0.25, -0.2) is 0 Å². The van der Waals surface area contributed by atoms with Gasteiger partial charge < -0.3 is 0 Å². The average Bonchev–Trinajstić information content (AvgIpc) is 3.25. The Hall–Kier alpha value is 2.19. The Balaban J connectivity index is 1.33. The van der Waals surface area contributed by atoms with Crippen LogP contribution >= 0.6 is 47.0 Å². The minimum atomic E-state index is 0.414. The van der Waals surface area contributed by atoms with Crippen molar-refractivity contribution in [2.24, 2.45) is 11.8 Å². The molecule has 0 aromatic heterocycles. The first-order valence-electron chi connectivity index (χ1n) is 6.88. The molecule has 0 aromatic rings. The van der Waals surface area contributed by atoms with Crippen molar-refractivity contribution in [2.75, 3.05) is 34.5 Å². The molecule has 0 radical (unpaired) electrons. The van der Waals surface area contributed by atoms with Crippen LogP contribution in [0.15, 0.2) is 0 Å². The number of rotatable bonds is 8. The van der Waals surface area contributed by atoms with Gasteiger partial charge in [0, 0.05) is 0 Å². The standard InChI is InChI=1S/C13H22S4Te/c1-2-18-9-11(4-15-6-13-8-17-13)10(1)3-14-5-12-7-16-12/h10-13H,1-9H2. The fourth-order valence-electron chi connectivity index (χ4n) is 2.28. The van der Waals surface area contributed by atoms with Crippen molar-refractivity contribution in [2.45, 2.75) is 25.9 Å². The van der Waals surface area contributed by atoms with Gasteiger partial charge in [0.25, 0.3) is 0 Å². The SMILES string of the molecule is C1CC(CSCC2CS2)C(CSCC2CS2)C[Te]1. The quantitative estimate of drug-likeness (QED) is 0.420. The van der Waals surface area contributed by atoms with E-state index in [-0.39, 0.29) is 0 Å². The van der Waals surface area contributed by atoms with Crippen molar-refractivity contribution in [3.8, 4) is 0 Å². The fraction of sp³-hybridized carbons (Fsp3) is 1.00. The number of hydrogen-bond donors (Lipinski definition) is 0. The van der Waals surface area contributed by atoms with E-state index in [9.17, 15) is 0 Å². The maximum atomic E-state index is 2.27. The second-order valence-corrected chi connectivity index (χ2v) is 13.5. The average molecular weight is 434 g/mol. The molecule has 18 heavy (non-hydrogen) atoms. The normalized spacial score (nSPS) is 38.7. The van der Waals surface area contributed by atoms with Crippen LogP contribution in [0.3, 0.4) is 0 Å². The third-order valence-corrected chi connectivity index (χ3v) is 12.1. The Morgan fingerprint density at radius 2 is 1.50 bits per heavy atom. The van der Waals surface area contributed by atoms with Crippen LogP contribution in [0.5, 0.6) is 0 Å². The molecule has 3 saturated heterocycles. The second kappa shape index (κ2) is 7.99. The molecular weight excluding hydrogens is 412 g/mol. The molecule has 0 aliphatic carbocycles. The molecule has 0 spiro atoms. The molecule has 3 fully saturated rings. The Kier molecular flexibility index (Phi) is 6.70. The molecular formula is C13H22S4Te. The van der Waals surface area contributed by atoms with Crippen molar-refractivity contribution in [1.82, 2.24) is 0 Å². The van der Waals surface area contributed by atoms with Crippen LogP contribution in [0.25, 0.3) is 0 Å². The molecule has 0 N–H and O–H groups in total. The van der Waals surface area contributed by atoms with Crippen molar-refractivity contribution < 1.29 is 0 Å². The summed E-state index contributed by atoms with van der Waals surface area (Å²) >= 11 is 9.27. The topological polar surface area (TPSA) is 0 Å². The molecule has 0 nitrogen and oxygen atoms in total. The van der Waals surface area contributed by atoms with Crippen LogP contribution in [0.4, 0.5) is 0 Å². The van der Waals surface area contributed by atoms with Gasteiger partial charge in [-0.1, -0.05) is 0 Å². The summed E-state index contributed by atoms with van der Waals surface area (Å²) in [7, 11) is 0. The van der Waals surface area contributed by atoms with Gasteiger partial charge in [0.2, 0.25) is 0 Å². The molecule has 3 aliphatic heterocycles. The van der Waals surface area contributed by atoms with Crippen molar-refractivity contribution in [3.05, 3.63) is 0 Å². The summed E-state index contributed by atoms with van der Waals surface area (Å²) in [5.74, 6) is 10.9. The van der Waals surface area contributed by atoms with Gasteiger partial charge in [-0.15, -0.1) is 0 Å². The second-order valence-electron chi connectivity index (χ2n) is 5.37. The van der Waals surface area contributed by atoms with Crippen LogP contribution in [-0.2, 0) is 0 Å². The summed E-state index contributed by atoms with van der Waals surface area (Å²) in [5.41, 5.74) is 0. The molecule has 0 aromatic carbocycles. The summed E-state index contributed by atoms with van der Waals surface area (Å²) in [6.07, 6.45) is 1.58. The van der Waals surface area contributed by atoms with Crippen molar-refractivity contribution in [3.63, 3.8) is 0 Å². The van der Waals surface area contributed by atoms with Crippen LogP contribution in [0.2, 0.25) is 8.94 Å². The maximum absolute atomic E-state index is 2.27. The molecule has 3 heterocycles. The monoisotopic (exact) mass is 436 g/mol. The van der Waals surface area contributed by atoms with E-state index in [1.165, 1.54) is 34.5 Å². The summed E-state index contributed by atoms with van der Waals surface area (Å²) in [6, 6.07) is 0. The van der Waals surface area contributed by atoms with Gasteiger partial charge in [-0.05, 0) is 0 Å². The molecule has 3 aliphatic rings. The summed E-state index contributed by atoms with van der Waals surface area (Å²) in [5, 5.41) is 2.07. The minimum absolute atomic E-state index is 0.414. The molecule has 0 bridgehead atoms. The molecule has 0 amide bonds. The molecule has 5 heteroatoms. The molecule has 104 valence electrons. The zero-order valence-corrected chi connectivity index (χ0v) is 16.3. The van der Waals surface area contributed by atoms with Gasteiger partial charge in [0.15, 0.2) is 0 Å². The first-order chi connectivity index (χ1) is 8.92. The van der Waals surface area contributed by atoms with E-state index < -0.39 is 0 Å². The fourth-order valence-corrected chi connectivity index (χ4v) is 11.2. The number of hydrogen-bond acceptors (Lipinski definition) is 4. The van der Waals surface area contributed by atoms with Crippen LogP contribution < -0.4 is 0 Å². The van der Waals surface area contributed by atoms with Crippen molar-refractivity contribution in [1.29, 1.82) is 0 Å². The zero-order valence-electron chi connectivity index (χ0n) is 10.7. The van der Waals surface area contributed by atoms with Crippen LogP contribution in [0, 0.1) is 11.8 Å². The Labute approximate surface area is 139 Å². The van der Waals surface area contributed by atoms with Gasteiger partial charge in [0.1, 0.15) is 0 Å². The van der Waals surface area contributed by atoms with Gasteiger partial charge in [-0.3, -0.25) is 0 Å². The third kappa shape index (κ3) is 5.53. The Bertz CT molecular complexity index is 229. The van der Waals surface area contributed by atoms with Crippen LogP contribution in [0.1, 0.15) is 6.42 Å². The predicted molar refractivity (Wildman–Crippen MR) is 94.1 cm³/mol. The molecule has 3 rings (SSSR count). The summed E-state index contributed by atoms with van der Waals surface area (Å²) < 4.78 is 3.29. The molecule has 4 unspecified atom stereocenters. The first-order valence-corrected chi connectivity index (χ1v) is 14.6. The Morgan fingerprint density at radius 1 is 0.889 bits per heavy atom. The van der Waals surface area contributed by atoms with E-state index in [0.717, 1.165) is 22.3 Å². The van der Waals surface area contributed by atoms with Gasteiger partial charge >= 0.3 is 140 Å². The molecule has 4 atom stereocenters. The van der Waals surface area contributed by atoms with E-state index in [2.05, 4.69) is 47.0 Å². The van der Waals surface area contributed by atoms with Crippen LogP contribution in [-0.4, -0.2) is 65.9 Å². The van der Waals surface area contributed by atoms with E-state index in [0.29, 0.717) is 20.9 Å². The third-order valence-electron chi connectivity index (χ3n) is 3.71. The Morgan fingerprint density at radius 3 is 2.11 bits per heavy atom. The van der Waals surface area contributed by atoms with Gasteiger partial charge in [0.05, 0.1) is 0 Å². The van der Waals surface area contributed by atoms with E-state index in [1.807, 2.05) is 0 Å². The van der Waals surface area contributed by atoms with E-state index in [1.54, 1.807) is 15.4 Å². The number of thioether (sulfide) groups is 4. The predicted octanol–water partition coefficient (Wildman–Crippen LogP) is 3.86. The summed E-state index contributed by atoms with van der Waals surface area (Å²) in [4.78, 5) is 0. The van der Waals surface area contributed by atoms with Gasteiger partial charge in [-0.2, -0.15) is 0 Å².